The number of halogens is 1. The van der Waals surface area contributed by atoms with E-state index in [9.17, 15) is 8.42 Å². The Bertz CT molecular complexity index is 705. The van der Waals surface area contributed by atoms with Crippen LogP contribution in [0.15, 0.2) is 47.6 Å². The highest BCUT2D eigenvalue weighted by Crippen LogP contribution is 2.23. The van der Waals surface area contributed by atoms with Crippen molar-refractivity contribution in [1.82, 2.24) is 9.71 Å². The Kier molecular flexibility index (Phi) is 4.27. The van der Waals surface area contributed by atoms with Crippen LogP contribution in [-0.4, -0.2) is 13.4 Å². The molecule has 1 atom stereocenters. The minimum atomic E-state index is -3.66. The van der Waals surface area contributed by atoms with Crippen LogP contribution in [0.5, 0.6) is 0 Å². The minimum Gasteiger partial charge on any atom is -0.398 e. The highest BCUT2D eigenvalue weighted by atomic mass is 35.5. The molecule has 0 fully saturated rings. The van der Waals surface area contributed by atoms with E-state index in [1.807, 2.05) is 0 Å². The van der Waals surface area contributed by atoms with Crippen molar-refractivity contribution in [2.24, 2.45) is 0 Å². The van der Waals surface area contributed by atoms with Crippen molar-refractivity contribution < 1.29 is 8.42 Å². The summed E-state index contributed by atoms with van der Waals surface area (Å²) in [4.78, 5) is 3.98. The monoisotopic (exact) mass is 311 g/mol. The van der Waals surface area contributed by atoms with E-state index in [1.165, 1.54) is 18.2 Å². The van der Waals surface area contributed by atoms with Gasteiger partial charge in [-0.15, -0.1) is 0 Å². The van der Waals surface area contributed by atoms with Crippen molar-refractivity contribution in [3.8, 4) is 0 Å². The molecule has 0 aliphatic rings. The van der Waals surface area contributed by atoms with E-state index >= 15 is 0 Å². The molecule has 0 amide bonds. The number of nitrogens with one attached hydrogen (secondary N) is 1. The molecule has 0 radical (unpaired) electrons. The standard InChI is InChI=1S/C13H14ClN3O2S/c1-9(10-4-6-16-7-5-10)17-20(18,19)11-2-3-13(15)12(14)8-11/h2-9,17H,15H2,1H3. The summed E-state index contributed by atoms with van der Waals surface area (Å²) in [5.41, 5.74) is 6.73. The quantitative estimate of drug-likeness (QED) is 0.849. The molecular formula is C13H14ClN3O2S. The molecule has 0 saturated heterocycles. The van der Waals surface area contributed by atoms with Crippen molar-refractivity contribution in [1.29, 1.82) is 0 Å². The van der Waals surface area contributed by atoms with Gasteiger partial charge in [0.25, 0.3) is 0 Å². The van der Waals surface area contributed by atoms with Gasteiger partial charge in [0, 0.05) is 18.4 Å². The van der Waals surface area contributed by atoms with Gasteiger partial charge in [-0.3, -0.25) is 4.98 Å². The zero-order valence-corrected chi connectivity index (χ0v) is 12.3. The van der Waals surface area contributed by atoms with E-state index in [-0.39, 0.29) is 16.0 Å². The van der Waals surface area contributed by atoms with Crippen LogP contribution in [-0.2, 0) is 10.0 Å². The van der Waals surface area contributed by atoms with Crippen LogP contribution >= 0.6 is 11.6 Å². The molecule has 2 aromatic rings. The van der Waals surface area contributed by atoms with Gasteiger partial charge >= 0.3 is 0 Å². The summed E-state index contributed by atoms with van der Waals surface area (Å²) >= 11 is 5.85. The molecule has 0 spiro atoms. The summed E-state index contributed by atoms with van der Waals surface area (Å²) < 4.78 is 27.1. The molecule has 2 rings (SSSR count). The van der Waals surface area contributed by atoms with Crippen molar-refractivity contribution in [2.75, 3.05) is 5.73 Å². The first kappa shape index (κ1) is 14.8. The fourth-order valence-corrected chi connectivity index (χ4v) is 3.20. The normalized spacial score (nSPS) is 13.1. The summed E-state index contributed by atoms with van der Waals surface area (Å²) in [7, 11) is -3.66. The molecule has 5 nitrogen and oxygen atoms in total. The fourth-order valence-electron chi connectivity index (χ4n) is 1.70. The lowest BCUT2D eigenvalue weighted by molar-refractivity contribution is 0.567. The maximum absolute atomic E-state index is 12.3. The number of nitrogen functional groups attached to an aromatic ring is 1. The summed E-state index contributed by atoms with van der Waals surface area (Å²) in [6, 6.07) is 7.35. The predicted molar refractivity (Wildman–Crippen MR) is 78.8 cm³/mol. The fraction of sp³-hybridized carbons (Fsp3) is 0.154. The first-order chi connectivity index (χ1) is 9.40. The molecule has 0 aliphatic heterocycles. The van der Waals surface area contributed by atoms with Crippen molar-refractivity contribution in [2.45, 2.75) is 17.9 Å². The third kappa shape index (κ3) is 3.27. The number of hydrogen-bond donors (Lipinski definition) is 2. The predicted octanol–water partition coefficient (Wildman–Crippen LogP) is 2.36. The number of anilines is 1. The Morgan fingerprint density at radius 1 is 1.25 bits per heavy atom. The zero-order valence-electron chi connectivity index (χ0n) is 10.7. The number of hydrogen-bond acceptors (Lipinski definition) is 4. The highest BCUT2D eigenvalue weighted by molar-refractivity contribution is 7.89. The van der Waals surface area contributed by atoms with E-state index in [0.717, 1.165) is 5.56 Å². The second kappa shape index (κ2) is 5.78. The molecule has 0 bridgehead atoms. The molecule has 1 aromatic heterocycles. The first-order valence-electron chi connectivity index (χ1n) is 5.87. The molecule has 1 aromatic carbocycles. The Morgan fingerprint density at radius 3 is 2.50 bits per heavy atom. The average molecular weight is 312 g/mol. The Labute approximate surface area is 122 Å². The molecule has 1 unspecified atom stereocenters. The van der Waals surface area contributed by atoms with Crippen LogP contribution < -0.4 is 10.5 Å². The summed E-state index contributed by atoms with van der Waals surface area (Å²) in [5.74, 6) is 0. The van der Waals surface area contributed by atoms with Crippen LogP contribution in [0.25, 0.3) is 0 Å². The lowest BCUT2D eigenvalue weighted by Crippen LogP contribution is -2.26. The molecule has 20 heavy (non-hydrogen) atoms. The molecule has 7 heteroatoms. The number of sulfonamides is 1. The third-order valence-electron chi connectivity index (χ3n) is 2.82. The van der Waals surface area contributed by atoms with E-state index < -0.39 is 10.0 Å². The molecule has 0 aliphatic carbocycles. The first-order valence-corrected chi connectivity index (χ1v) is 7.73. The number of nitrogens with two attached hydrogens (primary N) is 1. The van der Waals surface area contributed by atoms with E-state index in [0.29, 0.717) is 5.69 Å². The van der Waals surface area contributed by atoms with E-state index in [2.05, 4.69) is 9.71 Å². The Hall–Kier alpha value is -1.63. The maximum atomic E-state index is 12.3. The summed E-state index contributed by atoms with van der Waals surface area (Å²) in [6.07, 6.45) is 3.22. The zero-order chi connectivity index (χ0) is 14.8. The van der Waals surface area contributed by atoms with Crippen LogP contribution in [0.1, 0.15) is 18.5 Å². The molecule has 1 heterocycles. The average Bonchev–Trinajstić information content (AvgIpc) is 2.42. The smallest absolute Gasteiger partial charge is 0.241 e. The van der Waals surface area contributed by atoms with Crippen molar-refractivity contribution in [3.05, 3.63) is 53.3 Å². The van der Waals surface area contributed by atoms with Crippen LogP contribution in [0.4, 0.5) is 5.69 Å². The van der Waals surface area contributed by atoms with Crippen LogP contribution in [0, 0.1) is 0 Å². The van der Waals surface area contributed by atoms with Gasteiger partial charge in [-0.2, -0.15) is 0 Å². The second-order valence-corrected chi connectivity index (χ2v) is 6.43. The van der Waals surface area contributed by atoms with Gasteiger partial charge in [-0.1, -0.05) is 11.6 Å². The van der Waals surface area contributed by atoms with E-state index in [1.54, 1.807) is 31.5 Å². The molecule has 3 N–H and O–H groups in total. The second-order valence-electron chi connectivity index (χ2n) is 4.31. The Morgan fingerprint density at radius 2 is 1.90 bits per heavy atom. The molecule has 106 valence electrons. The lowest BCUT2D eigenvalue weighted by atomic mass is 10.1. The van der Waals surface area contributed by atoms with Gasteiger partial charge in [-0.25, -0.2) is 13.1 Å². The Balaban J connectivity index is 2.25. The van der Waals surface area contributed by atoms with Crippen LogP contribution in [0.2, 0.25) is 5.02 Å². The SMILES string of the molecule is CC(NS(=O)(=O)c1ccc(N)c(Cl)c1)c1ccncc1. The highest BCUT2D eigenvalue weighted by Gasteiger charge is 2.19. The molecule has 0 saturated carbocycles. The summed E-state index contributed by atoms with van der Waals surface area (Å²) in [6.45, 7) is 1.76. The van der Waals surface area contributed by atoms with Crippen molar-refractivity contribution >= 4 is 27.3 Å². The topological polar surface area (TPSA) is 85.1 Å². The number of benzene rings is 1. The van der Waals surface area contributed by atoms with Gasteiger partial charge < -0.3 is 5.73 Å². The number of rotatable bonds is 4. The van der Waals surface area contributed by atoms with Gasteiger partial charge in [0.15, 0.2) is 0 Å². The van der Waals surface area contributed by atoms with Gasteiger partial charge in [-0.05, 0) is 42.8 Å². The van der Waals surface area contributed by atoms with Gasteiger partial charge in [0.1, 0.15) is 0 Å². The lowest BCUT2D eigenvalue weighted by Gasteiger charge is -2.14. The van der Waals surface area contributed by atoms with Gasteiger partial charge in [0.05, 0.1) is 15.6 Å². The minimum absolute atomic E-state index is 0.0811. The number of pyridine rings is 1. The van der Waals surface area contributed by atoms with Gasteiger partial charge in [0.2, 0.25) is 10.0 Å². The largest absolute Gasteiger partial charge is 0.398 e. The molecular weight excluding hydrogens is 298 g/mol. The van der Waals surface area contributed by atoms with Crippen LogP contribution in [0.3, 0.4) is 0 Å². The summed E-state index contributed by atoms with van der Waals surface area (Å²) in [5, 5.41) is 0.212. The van der Waals surface area contributed by atoms with E-state index in [4.69, 9.17) is 17.3 Å². The maximum Gasteiger partial charge on any atom is 0.241 e. The number of aromatic nitrogens is 1. The number of nitrogens with zero attached hydrogens (tertiary/aromatic N) is 1. The van der Waals surface area contributed by atoms with Crippen molar-refractivity contribution in [3.63, 3.8) is 0 Å². The third-order valence-corrected chi connectivity index (χ3v) is 4.69.